The molecule has 0 spiro atoms. The summed E-state index contributed by atoms with van der Waals surface area (Å²) in [5, 5.41) is 8.86. The number of H-pyrrole nitrogens is 1. The third kappa shape index (κ3) is 1.55. The molecule has 1 aromatic carbocycles. The molecule has 0 aliphatic rings. The summed E-state index contributed by atoms with van der Waals surface area (Å²) in [6.07, 6.45) is 1.50. The van der Waals surface area contributed by atoms with Gasteiger partial charge >= 0.3 is 0 Å². The van der Waals surface area contributed by atoms with E-state index in [4.69, 9.17) is 10.00 Å². The minimum atomic E-state index is 0.375. The molecule has 1 aromatic heterocycles. The molecule has 4 nitrogen and oxygen atoms in total. The highest BCUT2D eigenvalue weighted by molar-refractivity contribution is 5.70. The van der Waals surface area contributed by atoms with Gasteiger partial charge in [0, 0.05) is 5.56 Å². The summed E-state index contributed by atoms with van der Waals surface area (Å²) in [6, 6.07) is 9.52. The van der Waals surface area contributed by atoms with Crippen molar-refractivity contribution in [2.75, 3.05) is 7.11 Å². The number of rotatable bonds is 2. The van der Waals surface area contributed by atoms with Crippen LogP contribution in [0.25, 0.3) is 11.3 Å². The van der Waals surface area contributed by atoms with Crippen molar-refractivity contribution in [3.63, 3.8) is 0 Å². The van der Waals surface area contributed by atoms with E-state index in [1.54, 1.807) is 7.11 Å². The zero-order valence-electron chi connectivity index (χ0n) is 8.19. The number of nitrogens with zero attached hydrogens (tertiary/aromatic N) is 2. The highest BCUT2D eigenvalue weighted by Crippen LogP contribution is 2.29. The van der Waals surface area contributed by atoms with Crippen molar-refractivity contribution in [2.45, 2.75) is 0 Å². The number of nitriles is 1. The largest absolute Gasteiger partial charge is 0.496 e. The first-order valence-corrected chi connectivity index (χ1v) is 4.43. The average molecular weight is 199 g/mol. The fourth-order valence-electron chi connectivity index (χ4n) is 1.44. The fraction of sp³-hybridized carbons (Fsp3) is 0.0909. The first-order chi connectivity index (χ1) is 7.36. The molecule has 2 aromatic rings. The number of benzene rings is 1. The van der Waals surface area contributed by atoms with E-state index in [1.807, 2.05) is 30.3 Å². The van der Waals surface area contributed by atoms with Crippen LogP contribution < -0.4 is 4.74 Å². The summed E-state index contributed by atoms with van der Waals surface area (Å²) >= 11 is 0. The van der Waals surface area contributed by atoms with Crippen LogP contribution in [0.15, 0.2) is 30.6 Å². The predicted octanol–water partition coefficient (Wildman–Crippen LogP) is 1.96. The summed E-state index contributed by atoms with van der Waals surface area (Å²) in [7, 11) is 1.60. The Kier molecular flexibility index (Phi) is 2.38. The van der Waals surface area contributed by atoms with Crippen LogP contribution in [0.2, 0.25) is 0 Å². The Morgan fingerprint density at radius 3 is 2.93 bits per heavy atom. The van der Waals surface area contributed by atoms with Gasteiger partial charge in [-0.05, 0) is 12.1 Å². The van der Waals surface area contributed by atoms with Crippen LogP contribution in [0.3, 0.4) is 0 Å². The lowest BCUT2D eigenvalue weighted by molar-refractivity contribution is 0.416. The highest BCUT2D eigenvalue weighted by Gasteiger charge is 2.11. The maximum atomic E-state index is 8.86. The molecule has 0 bridgehead atoms. The molecule has 0 saturated heterocycles. The minimum absolute atomic E-state index is 0.375. The van der Waals surface area contributed by atoms with Gasteiger partial charge in [-0.25, -0.2) is 4.98 Å². The zero-order chi connectivity index (χ0) is 10.7. The minimum Gasteiger partial charge on any atom is -0.496 e. The molecule has 0 aliphatic heterocycles. The average Bonchev–Trinajstić information content (AvgIpc) is 2.76. The van der Waals surface area contributed by atoms with Gasteiger partial charge in [-0.3, -0.25) is 0 Å². The van der Waals surface area contributed by atoms with E-state index in [9.17, 15) is 0 Å². The van der Waals surface area contributed by atoms with Gasteiger partial charge in [0.2, 0.25) is 0 Å². The number of aromatic nitrogens is 2. The third-order valence-corrected chi connectivity index (χ3v) is 2.12. The zero-order valence-corrected chi connectivity index (χ0v) is 8.19. The second kappa shape index (κ2) is 3.84. The molecule has 15 heavy (non-hydrogen) atoms. The van der Waals surface area contributed by atoms with Crippen LogP contribution in [-0.2, 0) is 0 Å². The smallest absolute Gasteiger partial charge is 0.166 e. The van der Waals surface area contributed by atoms with Gasteiger partial charge in [0.05, 0.1) is 19.1 Å². The van der Waals surface area contributed by atoms with E-state index in [0.717, 1.165) is 11.3 Å². The number of nitrogens with one attached hydrogen (secondary N) is 1. The molecule has 0 radical (unpaired) electrons. The van der Waals surface area contributed by atoms with Crippen molar-refractivity contribution in [3.8, 4) is 23.1 Å². The summed E-state index contributed by atoms with van der Waals surface area (Å²) in [5.74, 6) is 0.721. The fourth-order valence-corrected chi connectivity index (χ4v) is 1.44. The van der Waals surface area contributed by atoms with E-state index < -0.39 is 0 Å². The number of methoxy groups -OCH3 is 1. The molecule has 0 amide bonds. The number of aromatic amines is 1. The van der Waals surface area contributed by atoms with Crippen molar-refractivity contribution in [1.29, 1.82) is 5.26 Å². The Morgan fingerprint density at radius 2 is 2.20 bits per heavy atom. The van der Waals surface area contributed by atoms with Crippen LogP contribution in [-0.4, -0.2) is 17.1 Å². The lowest BCUT2D eigenvalue weighted by Gasteiger charge is -2.05. The van der Waals surface area contributed by atoms with Crippen molar-refractivity contribution in [2.24, 2.45) is 0 Å². The Labute approximate surface area is 87.2 Å². The first-order valence-electron chi connectivity index (χ1n) is 4.43. The second-order valence-corrected chi connectivity index (χ2v) is 2.94. The molecule has 0 saturated carbocycles. The molecule has 0 aliphatic carbocycles. The number of hydrogen-bond donors (Lipinski definition) is 1. The van der Waals surface area contributed by atoms with Gasteiger partial charge in [-0.2, -0.15) is 5.26 Å². The van der Waals surface area contributed by atoms with Gasteiger partial charge < -0.3 is 9.72 Å². The Balaban J connectivity index is 2.59. The van der Waals surface area contributed by atoms with E-state index in [2.05, 4.69) is 9.97 Å². The number of ether oxygens (including phenoxy) is 1. The molecule has 0 unspecified atom stereocenters. The van der Waals surface area contributed by atoms with Crippen LogP contribution in [0.5, 0.6) is 5.75 Å². The predicted molar refractivity (Wildman–Crippen MR) is 55.3 cm³/mol. The van der Waals surface area contributed by atoms with Gasteiger partial charge in [-0.1, -0.05) is 12.1 Å². The number of para-hydroxylation sites is 1. The second-order valence-electron chi connectivity index (χ2n) is 2.94. The van der Waals surface area contributed by atoms with Crippen LogP contribution in [0.1, 0.15) is 5.69 Å². The van der Waals surface area contributed by atoms with Crippen molar-refractivity contribution >= 4 is 0 Å². The Hall–Kier alpha value is -2.28. The molecule has 0 fully saturated rings. The van der Waals surface area contributed by atoms with Crippen LogP contribution in [0, 0.1) is 11.3 Å². The van der Waals surface area contributed by atoms with Crippen molar-refractivity contribution in [3.05, 3.63) is 36.3 Å². The topological polar surface area (TPSA) is 61.7 Å². The van der Waals surface area contributed by atoms with Crippen molar-refractivity contribution in [1.82, 2.24) is 9.97 Å². The molecule has 74 valence electrons. The SMILES string of the molecule is COc1ccccc1-c1[nH]cnc1C#N. The van der Waals surface area contributed by atoms with E-state index >= 15 is 0 Å². The maximum absolute atomic E-state index is 8.86. The summed E-state index contributed by atoms with van der Waals surface area (Å²) in [6.45, 7) is 0. The van der Waals surface area contributed by atoms with E-state index in [-0.39, 0.29) is 0 Å². The standard InChI is InChI=1S/C11H9N3O/c1-15-10-5-3-2-4-8(10)11-9(6-12)13-7-14-11/h2-5,7H,1H3,(H,13,14). The quantitative estimate of drug-likeness (QED) is 0.804. The van der Waals surface area contributed by atoms with Gasteiger partial charge in [0.15, 0.2) is 5.69 Å². The summed E-state index contributed by atoms with van der Waals surface area (Å²) in [5.41, 5.74) is 1.91. The molecular weight excluding hydrogens is 190 g/mol. The van der Waals surface area contributed by atoms with Gasteiger partial charge in [-0.15, -0.1) is 0 Å². The molecule has 0 atom stereocenters. The Bertz CT molecular complexity index is 511. The molecule has 1 heterocycles. The summed E-state index contributed by atoms with van der Waals surface area (Å²) < 4.78 is 5.21. The summed E-state index contributed by atoms with van der Waals surface area (Å²) in [4.78, 5) is 6.85. The van der Waals surface area contributed by atoms with Crippen molar-refractivity contribution < 1.29 is 4.74 Å². The lowest BCUT2D eigenvalue weighted by atomic mass is 10.1. The third-order valence-electron chi connectivity index (χ3n) is 2.12. The molecule has 2 rings (SSSR count). The number of imidazole rings is 1. The van der Waals surface area contributed by atoms with Gasteiger partial charge in [0.1, 0.15) is 11.8 Å². The van der Waals surface area contributed by atoms with E-state index in [1.165, 1.54) is 6.33 Å². The lowest BCUT2D eigenvalue weighted by Crippen LogP contribution is -1.89. The van der Waals surface area contributed by atoms with Crippen LogP contribution in [0.4, 0.5) is 0 Å². The maximum Gasteiger partial charge on any atom is 0.166 e. The van der Waals surface area contributed by atoms with Gasteiger partial charge in [0.25, 0.3) is 0 Å². The molecule has 1 N–H and O–H groups in total. The Morgan fingerprint density at radius 1 is 1.40 bits per heavy atom. The molecule has 4 heteroatoms. The van der Waals surface area contributed by atoms with E-state index in [0.29, 0.717) is 11.4 Å². The highest BCUT2D eigenvalue weighted by atomic mass is 16.5. The van der Waals surface area contributed by atoms with Crippen LogP contribution >= 0.6 is 0 Å². The normalized spacial score (nSPS) is 9.60. The number of hydrogen-bond acceptors (Lipinski definition) is 3. The monoisotopic (exact) mass is 199 g/mol. The molecular formula is C11H9N3O. The first kappa shape index (κ1) is 9.28.